The van der Waals surface area contributed by atoms with Crippen LogP contribution in [0.4, 0.5) is 0 Å². The summed E-state index contributed by atoms with van der Waals surface area (Å²) in [5, 5.41) is 10.7. The molecule has 0 aromatic carbocycles. The molecule has 0 aliphatic heterocycles. The zero-order valence-corrected chi connectivity index (χ0v) is 71.5. The minimum atomic E-state index is -4.97. The van der Waals surface area contributed by atoms with Crippen LogP contribution in [0.1, 0.15) is 465 Å². The van der Waals surface area contributed by atoms with Gasteiger partial charge in [0.1, 0.15) is 19.3 Å². The molecule has 0 spiro atoms. The van der Waals surface area contributed by atoms with Gasteiger partial charge in [-0.2, -0.15) is 0 Å². The number of hydrogen-bond donors (Lipinski definition) is 3. The number of phosphoric acid groups is 2. The Balaban J connectivity index is 5.24. The smallest absolute Gasteiger partial charge is 0.462 e. The first-order valence-electron chi connectivity index (χ1n) is 45.0. The van der Waals surface area contributed by atoms with Crippen LogP contribution in [-0.4, -0.2) is 96.7 Å². The molecule has 0 saturated heterocycles. The lowest BCUT2D eigenvalue weighted by Crippen LogP contribution is -2.30. The van der Waals surface area contributed by atoms with E-state index in [0.717, 1.165) is 102 Å². The molecular formula is C87H170O17P2. The molecule has 0 aliphatic rings. The van der Waals surface area contributed by atoms with Crippen molar-refractivity contribution >= 4 is 39.5 Å². The summed E-state index contributed by atoms with van der Waals surface area (Å²) in [5.41, 5.74) is 0. The van der Waals surface area contributed by atoms with Crippen molar-refractivity contribution in [2.75, 3.05) is 39.6 Å². The van der Waals surface area contributed by atoms with Gasteiger partial charge in [-0.25, -0.2) is 9.13 Å². The molecule has 0 heterocycles. The average Bonchev–Trinajstić information content (AvgIpc) is 0.900. The predicted molar refractivity (Wildman–Crippen MR) is 437 cm³/mol. The van der Waals surface area contributed by atoms with E-state index in [4.69, 9.17) is 37.0 Å². The topological polar surface area (TPSA) is 237 Å². The fourth-order valence-corrected chi connectivity index (χ4v) is 15.1. The monoisotopic (exact) mass is 1550 g/mol. The van der Waals surface area contributed by atoms with Gasteiger partial charge < -0.3 is 33.8 Å². The minimum absolute atomic E-state index is 0.108. The van der Waals surface area contributed by atoms with Gasteiger partial charge >= 0.3 is 39.5 Å². The Morgan fingerprint density at radius 3 is 0.717 bits per heavy atom. The molecule has 0 aromatic heterocycles. The summed E-state index contributed by atoms with van der Waals surface area (Å²) in [5.74, 6) is -0.510. The number of aliphatic hydroxyl groups is 1. The first kappa shape index (κ1) is 104. The zero-order chi connectivity index (χ0) is 77.8. The Kier molecular flexibility index (Phi) is 76.9. The normalized spacial score (nSPS) is 14.1. The van der Waals surface area contributed by atoms with Gasteiger partial charge in [0.15, 0.2) is 12.2 Å². The number of carbonyl (C=O) groups is 4. The van der Waals surface area contributed by atoms with Crippen LogP contribution in [0.25, 0.3) is 0 Å². The van der Waals surface area contributed by atoms with Crippen LogP contribution in [-0.2, 0) is 65.4 Å². The van der Waals surface area contributed by atoms with E-state index in [9.17, 15) is 43.2 Å². The van der Waals surface area contributed by atoms with E-state index in [1.807, 2.05) is 0 Å². The number of unbranched alkanes of at least 4 members (excludes halogenated alkanes) is 55. The van der Waals surface area contributed by atoms with Crippen molar-refractivity contribution in [3.05, 3.63) is 0 Å². The van der Waals surface area contributed by atoms with E-state index < -0.39 is 97.5 Å². The summed E-state index contributed by atoms with van der Waals surface area (Å²) in [6.45, 7) is 9.71. The lowest BCUT2D eigenvalue weighted by molar-refractivity contribution is -0.161. The number of aliphatic hydroxyl groups excluding tert-OH is 1. The third-order valence-corrected chi connectivity index (χ3v) is 22.7. The summed E-state index contributed by atoms with van der Waals surface area (Å²) in [6, 6.07) is 0. The second kappa shape index (κ2) is 78.3. The number of hydrogen-bond acceptors (Lipinski definition) is 15. The fraction of sp³-hybridized carbons (Fsp3) is 0.954. The summed E-state index contributed by atoms with van der Waals surface area (Å²) < 4.78 is 68.9. The van der Waals surface area contributed by atoms with E-state index in [1.54, 1.807) is 0 Å². The third-order valence-electron chi connectivity index (χ3n) is 20.8. The van der Waals surface area contributed by atoms with Crippen LogP contribution in [0.2, 0.25) is 0 Å². The van der Waals surface area contributed by atoms with Crippen LogP contribution < -0.4 is 0 Å². The Bertz CT molecular complexity index is 2030. The standard InChI is InChI=1S/C87H170O17P2/c1-7-10-12-14-16-18-20-22-24-25-26-27-28-29-34-38-42-46-54-60-66-72-87(92)103-82(75-97-84(89)69-63-57-51-44-40-37-33-31-30-32-35-39-43-49-55-61-67-79(4)5)77-101-105(93,94)99-73-81(88)74-100-106(95,96)102-78-83(76-98-85(90)70-64-58-52-48-47-50-56-62-68-80(6)9-3)104-86(91)71-65-59-53-45-41-36-23-21-19-17-15-13-11-8-2/h79-83,88H,7-78H2,1-6H3,(H,93,94)(H,95,96)/t80?,81-,82-,83-/m1/s1. The van der Waals surface area contributed by atoms with E-state index in [-0.39, 0.29) is 25.7 Å². The molecule has 0 radical (unpaired) electrons. The van der Waals surface area contributed by atoms with Crippen molar-refractivity contribution in [1.29, 1.82) is 0 Å². The lowest BCUT2D eigenvalue weighted by atomic mass is 9.99. The highest BCUT2D eigenvalue weighted by atomic mass is 31.2. The summed E-state index contributed by atoms with van der Waals surface area (Å²) >= 11 is 0. The molecule has 630 valence electrons. The van der Waals surface area contributed by atoms with Crippen LogP contribution in [0.5, 0.6) is 0 Å². The van der Waals surface area contributed by atoms with Crippen LogP contribution >= 0.6 is 15.6 Å². The summed E-state index contributed by atoms with van der Waals surface area (Å²) in [7, 11) is -9.93. The maximum atomic E-state index is 13.2. The number of ether oxygens (including phenoxy) is 4. The molecule has 0 rings (SSSR count). The van der Waals surface area contributed by atoms with Crippen molar-refractivity contribution < 1.29 is 80.2 Å². The zero-order valence-electron chi connectivity index (χ0n) is 69.7. The van der Waals surface area contributed by atoms with Gasteiger partial charge in [0.2, 0.25) is 0 Å². The minimum Gasteiger partial charge on any atom is -0.462 e. The molecule has 19 heteroatoms. The lowest BCUT2D eigenvalue weighted by Gasteiger charge is -2.21. The highest BCUT2D eigenvalue weighted by Gasteiger charge is 2.30. The molecule has 0 fully saturated rings. The number of phosphoric ester groups is 2. The Morgan fingerprint density at radius 2 is 0.481 bits per heavy atom. The van der Waals surface area contributed by atoms with Gasteiger partial charge in [-0.1, -0.05) is 414 Å². The molecule has 6 atom stereocenters. The average molecular weight is 1550 g/mol. The van der Waals surface area contributed by atoms with Gasteiger partial charge in [-0.15, -0.1) is 0 Å². The number of esters is 4. The third kappa shape index (κ3) is 78.7. The second-order valence-electron chi connectivity index (χ2n) is 32.0. The van der Waals surface area contributed by atoms with Crippen molar-refractivity contribution in [2.45, 2.75) is 484 Å². The van der Waals surface area contributed by atoms with E-state index >= 15 is 0 Å². The van der Waals surface area contributed by atoms with Gasteiger partial charge in [0.25, 0.3) is 0 Å². The highest BCUT2D eigenvalue weighted by Crippen LogP contribution is 2.45. The van der Waals surface area contributed by atoms with Crippen LogP contribution in [0.15, 0.2) is 0 Å². The molecule has 0 amide bonds. The quantitative estimate of drug-likeness (QED) is 0.0222. The summed E-state index contributed by atoms with van der Waals surface area (Å²) in [6.07, 6.45) is 70.8. The molecule has 0 aromatic rings. The molecule has 3 unspecified atom stereocenters. The number of carbonyl (C=O) groups excluding carboxylic acids is 4. The first-order chi connectivity index (χ1) is 51.4. The highest BCUT2D eigenvalue weighted by molar-refractivity contribution is 7.47. The summed E-state index contributed by atoms with van der Waals surface area (Å²) in [4.78, 5) is 73.3. The van der Waals surface area contributed by atoms with Crippen molar-refractivity contribution in [1.82, 2.24) is 0 Å². The number of rotatable bonds is 86. The van der Waals surface area contributed by atoms with Gasteiger partial charge in [0, 0.05) is 25.7 Å². The van der Waals surface area contributed by atoms with Crippen molar-refractivity contribution in [2.24, 2.45) is 11.8 Å². The first-order valence-corrected chi connectivity index (χ1v) is 48.0. The molecule has 3 N–H and O–H groups in total. The fourth-order valence-electron chi connectivity index (χ4n) is 13.6. The molecule has 0 aliphatic carbocycles. The largest absolute Gasteiger partial charge is 0.472 e. The second-order valence-corrected chi connectivity index (χ2v) is 34.9. The Labute approximate surface area is 651 Å². The Morgan fingerprint density at radius 1 is 0.274 bits per heavy atom. The maximum absolute atomic E-state index is 13.2. The van der Waals surface area contributed by atoms with Crippen LogP contribution in [0.3, 0.4) is 0 Å². The van der Waals surface area contributed by atoms with Gasteiger partial charge in [-0.3, -0.25) is 37.3 Å². The molecule has 17 nitrogen and oxygen atoms in total. The van der Waals surface area contributed by atoms with Crippen LogP contribution in [0, 0.1) is 11.8 Å². The predicted octanol–water partition coefficient (Wildman–Crippen LogP) is 26.6. The van der Waals surface area contributed by atoms with Gasteiger partial charge in [0.05, 0.1) is 26.4 Å². The van der Waals surface area contributed by atoms with E-state index in [1.165, 1.54) is 283 Å². The SMILES string of the molecule is CCCCCCCCCCCCCCCCCCCCCCCC(=O)O[C@H](COC(=O)CCCCCCCCCCCCCCCCCCC(C)C)COP(=O)(O)OC[C@@H](O)COP(=O)(O)OC[C@@H](COC(=O)CCCCCCCCCCC(C)CC)OC(=O)CCCCCCCCCCCCCCCC. The van der Waals surface area contributed by atoms with Crippen molar-refractivity contribution in [3.63, 3.8) is 0 Å². The molecule has 106 heavy (non-hydrogen) atoms. The molecule has 0 saturated carbocycles. The van der Waals surface area contributed by atoms with E-state index in [0.29, 0.717) is 25.7 Å². The Hall–Kier alpha value is -1.94. The van der Waals surface area contributed by atoms with Gasteiger partial charge in [-0.05, 0) is 37.5 Å². The van der Waals surface area contributed by atoms with Crippen molar-refractivity contribution in [3.8, 4) is 0 Å². The van der Waals surface area contributed by atoms with E-state index in [2.05, 4.69) is 41.5 Å². The molecular weight excluding hydrogens is 1380 g/mol. The maximum Gasteiger partial charge on any atom is 0.472 e. The molecule has 0 bridgehead atoms.